The summed E-state index contributed by atoms with van der Waals surface area (Å²) >= 11 is 0. The molecule has 15 nitrogen and oxygen atoms in total. The molecule has 0 bridgehead atoms. The first-order valence-corrected chi connectivity index (χ1v) is 33.2. The van der Waals surface area contributed by atoms with Gasteiger partial charge in [0, 0.05) is 26.3 Å². The average molecular weight is 1140 g/mol. The molecule has 0 aromatic heterocycles. The van der Waals surface area contributed by atoms with Crippen LogP contribution in [0.25, 0.3) is 0 Å². The van der Waals surface area contributed by atoms with E-state index in [4.69, 9.17) is 42.6 Å². The Bertz CT molecular complexity index is 1350. The number of likely N-dealkylation sites (tertiary alicyclic amines) is 1. The first-order chi connectivity index (χ1) is 39.2. The fourth-order valence-corrected chi connectivity index (χ4v) is 10.00. The van der Waals surface area contributed by atoms with Crippen molar-refractivity contribution in [3.8, 4) is 0 Å². The predicted octanol–water partition coefficient (Wildman–Crippen LogP) is 13.7. The fourth-order valence-electron chi connectivity index (χ4n) is 10.00. The summed E-state index contributed by atoms with van der Waals surface area (Å²) < 4.78 is 52.4. The van der Waals surface area contributed by atoms with Gasteiger partial charge in [-0.15, -0.1) is 0 Å². The van der Waals surface area contributed by atoms with Gasteiger partial charge >= 0.3 is 17.9 Å². The Hall–Kier alpha value is -2.40. The molecule has 0 N–H and O–H groups in total. The standard InChI is InChI=1S/C65H124N2O13/c1-7-12-17-20-22-29-40-67(43-48-72-49-50-73-51-52-74-53-54-75-55-56-80-65(71)60-38-41-66(6)42-39-60)62(68)61(57-76-44-30-25-26-33-47-79-64(70)59(35-16-11-5)37-28-19-14-9-3)77-45-31-23-21-24-32-46-78-63(69)58(34-15-10-4)36-27-18-13-8-2/h58-61H,7-57H2,1-6H3. The van der Waals surface area contributed by atoms with E-state index in [9.17, 15) is 19.2 Å². The molecular weight excluding hydrogens is 1020 g/mol. The lowest BCUT2D eigenvalue weighted by Gasteiger charge is -2.28. The summed E-state index contributed by atoms with van der Waals surface area (Å²) in [5, 5.41) is 0. The molecule has 0 spiro atoms. The SMILES string of the molecule is CCCCCCCCN(CCOCCOCCOCCOCCOC(=O)C1CCN(C)CC1)C(=O)C(COCCCCCCOC(=O)C(CCCC)CCCCCC)OCCCCCCCOC(=O)C(CCCC)CCCCCC. The van der Waals surface area contributed by atoms with Gasteiger partial charge in [0.2, 0.25) is 0 Å². The fraction of sp³-hybridized carbons (Fsp3) is 0.938. The summed E-state index contributed by atoms with van der Waals surface area (Å²) in [7, 11) is 2.07. The monoisotopic (exact) mass is 1140 g/mol. The molecule has 0 saturated carbocycles. The predicted molar refractivity (Wildman–Crippen MR) is 322 cm³/mol. The second kappa shape index (κ2) is 57.1. The zero-order valence-electron chi connectivity index (χ0n) is 52.6. The third-order valence-corrected chi connectivity index (χ3v) is 15.4. The lowest BCUT2D eigenvalue weighted by Crippen LogP contribution is -2.45. The number of carbonyl (C=O) groups is 4. The molecule has 3 atom stereocenters. The highest BCUT2D eigenvalue weighted by atomic mass is 16.6. The Morgan fingerprint density at radius 1 is 0.400 bits per heavy atom. The first-order valence-electron chi connectivity index (χ1n) is 33.2. The van der Waals surface area contributed by atoms with Gasteiger partial charge in [0.05, 0.1) is 90.4 Å². The second-order valence-electron chi connectivity index (χ2n) is 22.6. The van der Waals surface area contributed by atoms with Crippen LogP contribution in [0.3, 0.4) is 0 Å². The third-order valence-electron chi connectivity index (χ3n) is 15.4. The summed E-state index contributed by atoms with van der Waals surface area (Å²) in [5.41, 5.74) is 0. The van der Waals surface area contributed by atoms with E-state index < -0.39 is 6.10 Å². The van der Waals surface area contributed by atoms with Gasteiger partial charge in [-0.3, -0.25) is 19.2 Å². The van der Waals surface area contributed by atoms with Crippen molar-refractivity contribution in [1.82, 2.24) is 9.80 Å². The van der Waals surface area contributed by atoms with E-state index in [1.165, 1.54) is 57.8 Å². The van der Waals surface area contributed by atoms with E-state index in [1.54, 1.807) is 0 Å². The molecule has 0 aliphatic carbocycles. The molecule has 3 unspecified atom stereocenters. The second-order valence-corrected chi connectivity index (χ2v) is 22.6. The number of hydrogen-bond donors (Lipinski definition) is 0. The van der Waals surface area contributed by atoms with Crippen molar-refractivity contribution in [2.45, 2.75) is 253 Å². The van der Waals surface area contributed by atoms with Gasteiger partial charge in [-0.25, -0.2) is 0 Å². The van der Waals surface area contributed by atoms with Crippen molar-refractivity contribution < 1.29 is 61.8 Å². The Morgan fingerprint density at radius 2 is 0.800 bits per heavy atom. The Balaban J connectivity index is 2.64. The highest BCUT2D eigenvalue weighted by Crippen LogP contribution is 2.22. The Kier molecular flexibility index (Phi) is 53.9. The van der Waals surface area contributed by atoms with Gasteiger partial charge in [-0.2, -0.15) is 0 Å². The molecule has 15 heteroatoms. The molecule has 1 aliphatic rings. The van der Waals surface area contributed by atoms with Gasteiger partial charge < -0.3 is 52.4 Å². The van der Waals surface area contributed by atoms with E-state index in [0.717, 1.165) is 167 Å². The van der Waals surface area contributed by atoms with Gasteiger partial charge in [-0.1, -0.05) is 169 Å². The number of esters is 3. The van der Waals surface area contributed by atoms with Crippen LogP contribution in [-0.2, 0) is 61.8 Å². The van der Waals surface area contributed by atoms with E-state index in [2.05, 4.69) is 46.6 Å². The van der Waals surface area contributed by atoms with Crippen LogP contribution in [0.1, 0.15) is 247 Å². The minimum absolute atomic E-state index is 0.00583. The Morgan fingerprint density at radius 3 is 1.30 bits per heavy atom. The van der Waals surface area contributed by atoms with Crippen LogP contribution in [-0.4, -0.2) is 165 Å². The van der Waals surface area contributed by atoms with Crippen LogP contribution in [0.4, 0.5) is 0 Å². The summed E-state index contributed by atoms with van der Waals surface area (Å²) in [5.74, 6) is -0.168. The molecule has 0 aromatic rings. The van der Waals surface area contributed by atoms with Gasteiger partial charge in [0.15, 0.2) is 6.10 Å². The number of hydrogen-bond acceptors (Lipinski definition) is 14. The van der Waals surface area contributed by atoms with Gasteiger partial charge in [-0.05, 0) is 97.2 Å². The maximum absolute atomic E-state index is 14.4. The molecule has 80 heavy (non-hydrogen) atoms. The Labute approximate surface area is 489 Å². The zero-order chi connectivity index (χ0) is 58.2. The van der Waals surface area contributed by atoms with E-state index in [-0.39, 0.29) is 54.8 Å². The van der Waals surface area contributed by atoms with Crippen LogP contribution < -0.4 is 0 Å². The largest absolute Gasteiger partial charge is 0.465 e. The molecule has 472 valence electrons. The minimum Gasteiger partial charge on any atom is -0.465 e. The summed E-state index contributed by atoms with van der Waals surface area (Å²) in [6.07, 6.45) is 33.4. The minimum atomic E-state index is -0.709. The van der Waals surface area contributed by atoms with E-state index in [1.807, 2.05) is 4.90 Å². The molecule has 1 saturated heterocycles. The van der Waals surface area contributed by atoms with Crippen molar-refractivity contribution in [1.29, 1.82) is 0 Å². The van der Waals surface area contributed by atoms with Crippen molar-refractivity contribution in [3.63, 3.8) is 0 Å². The first kappa shape index (κ1) is 75.6. The molecule has 0 aromatic carbocycles. The highest BCUT2D eigenvalue weighted by molar-refractivity contribution is 5.81. The van der Waals surface area contributed by atoms with Crippen molar-refractivity contribution in [2.75, 3.05) is 126 Å². The van der Waals surface area contributed by atoms with Crippen molar-refractivity contribution in [3.05, 3.63) is 0 Å². The number of carbonyl (C=O) groups excluding carboxylic acids is 4. The van der Waals surface area contributed by atoms with Crippen LogP contribution in [0.15, 0.2) is 0 Å². The molecule has 1 fully saturated rings. The van der Waals surface area contributed by atoms with Crippen LogP contribution in [0.5, 0.6) is 0 Å². The zero-order valence-corrected chi connectivity index (χ0v) is 52.6. The average Bonchev–Trinajstić information content (AvgIpc) is 3.46. The maximum Gasteiger partial charge on any atom is 0.309 e. The van der Waals surface area contributed by atoms with Gasteiger partial charge in [0.25, 0.3) is 5.91 Å². The lowest BCUT2D eigenvalue weighted by molar-refractivity contribution is -0.152. The lowest BCUT2D eigenvalue weighted by atomic mass is 9.95. The molecule has 1 aliphatic heterocycles. The van der Waals surface area contributed by atoms with E-state index >= 15 is 0 Å². The molecule has 1 amide bonds. The van der Waals surface area contributed by atoms with E-state index in [0.29, 0.717) is 92.4 Å². The highest BCUT2D eigenvalue weighted by Gasteiger charge is 2.27. The van der Waals surface area contributed by atoms with Crippen LogP contribution in [0, 0.1) is 17.8 Å². The third kappa shape index (κ3) is 44.2. The number of nitrogens with zero attached hydrogens (tertiary/aromatic N) is 2. The smallest absolute Gasteiger partial charge is 0.309 e. The summed E-state index contributed by atoms with van der Waals surface area (Å²) in [6.45, 7) is 19.6. The number of rotatable bonds is 60. The van der Waals surface area contributed by atoms with Crippen LogP contribution >= 0.6 is 0 Å². The van der Waals surface area contributed by atoms with Crippen molar-refractivity contribution in [2.24, 2.45) is 17.8 Å². The molecule has 1 heterocycles. The van der Waals surface area contributed by atoms with Gasteiger partial charge in [0.1, 0.15) is 6.61 Å². The summed E-state index contributed by atoms with van der Waals surface area (Å²) in [6, 6.07) is 0. The molecule has 0 radical (unpaired) electrons. The number of amides is 1. The number of ether oxygens (including phenoxy) is 9. The van der Waals surface area contributed by atoms with Crippen molar-refractivity contribution >= 4 is 23.8 Å². The van der Waals surface area contributed by atoms with Crippen LogP contribution in [0.2, 0.25) is 0 Å². The number of piperidine rings is 1. The number of unbranched alkanes of at least 4 members (excludes halogenated alkanes) is 20. The summed E-state index contributed by atoms with van der Waals surface area (Å²) in [4.78, 5) is 56.6. The molecule has 1 rings (SSSR count). The molecular formula is C65H124N2O13. The topological polar surface area (TPSA) is 158 Å². The maximum atomic E-state index is 14.4. The normalized spacial score (nSPS) is 14.3. The quantitative estimate of drug-likeness (QED) is 0.0322.